The Labute approximate surface area is 105 Å². The van der Waals surface area contributed by atoms with Gasteiger partial charge >= 0.3 is 0 Å². The summed E-state index contributed by atoms with van der Waals surface area (Å²) < 4.78 is 0. The lowest BCUT2D eigenvalue weighted by Crippen LogP contribution is -2.12. The summed E-state index contributed by atoms with van der Waals surface area (Å²) >= 11 is 0. The van der Waals surface area contributed by atoms with Crippen molar-refractivity contribution in [2.75, 3.05) is 5.32 Å². The van der Waals surface area contributed by atoms with Crippen LogP contribution in [-0.2, 0) is 11.2 Å². The number of amides is 1. The zero-order valence-corrected chi connectivity index (χ0v) is 9.80. The van der Waals surface area contributed by atoms with Gasteiger partial charge in [-0.1, -0.05) is 30.3 Å². The van der Waals surface area contributed by atoms with Gasteiger partial charge in [-0.25, -0.2) is 0 Å². The fourth-order valence-corrected chi connectivity index (χ4v) is 1.66. The summed E-state index contributed by atoms with van der Waals surface area (Å²) in [6.45, 7) is 0. The number of aldehydes is 1. The summed E-state index contributed by atoms with van der Waals surface area (Å²) in [6, 6.07) is 16.3. The molecule has 2 rings (SSSR count). The summed E-state index contributed by atoms with van der Waals surface area (Å²) in [5.41, 5.74) is 2.15. The summed E-state index contributed by atoms with van der Waals surface area (Å²) in [5, 5.41) is 2.80. The Morgan fingerprint density at radius 3 is 2.56 bits per heavy atom. The fourth-order valence-electron chi connectivity index (χ4n) is 1.66. The minimum Gasteiger partial charge on any atom is -0.322 e. The van der Waals surface area contributed by atoms with Gasteiger partial charge in [0.15, 0.2) is 0 Å². The Morgan fingerprint density at radius 2 is 1.83 bits per heavy atom. The van der Waals surface area contributed by atoms with E-state index in [1.165, 1.54) is 0 Å². The molecule has 0 radical (unpaired) electrons. The maximum Gasteiger partial charge on any atom is 0.255 e. The number of hydrogen-bond donors (Lipinski definition) is 1. The van der Waals surface area contributed by atoms with E-state index in [0.717, 1.165) is 17.5 Å². The molecule has 0 heterocycles. The minimum atomic E-state index is -0.172. The smallest absolute Gasteiger partial charge is 0.255 e. The van der Waals surface area contributed by atoms with Crippen molar-refractivity contribution in [1.82, 2.24) is 0 Å². The number of benzene rings is 2. The lowest BCUT2D eigenvalue weighted by molar-refractivity contribution is -0.107. The molecule has 3 nitrogen and oxygen atoms in total. The predicted octanol–water partition coefficient (Wildman–Crippen LogP) is 2.68. The molecule has 2 aromatic rings. The maximum atomic E-state index is 12.0. The van der Waals surface area contributed by atoms with Crippen LogP contribution in [0, 0.1) is 0 Å². The Bertz CT molecular complexity index is 549. The molecule has 1 N–H and O–H groups in total. The summed E-state index contributed by atoms with van der Waals surface area (Å²) in [6.07, 6.45) is 1.15. The standard InChI is InChI=1S/C15H13NO2/c17-10-9-12-5-4-6-13(11-12)15(18)16-14-7-2-1-3-8-14/h1-8,10-11H,9H2,(H,16,18). The quantitative estimate of drug-likeness (QED) is 0.834. The summed E-state index contributed by atoms with van der Waals surface area (Å²) in [5.74, 6) is -0.172. The molecule has 90 valence electrons. The van der Waals surface area contributed by atoms with E-state index >= 15 is 0 Å². The number of hydrogen-bond acceptors (Lipinski definition) is 2. The number of para-hydroxylation sites is 1. The average Bonchev–Trinajstić information content (AvgIpc) is 2.40. The van der Waals surface area contributed by atoms with Crippen LogP contribution < -0.4 is 5.32 Å². The summed E-state index contributed by atoms with van der Waals surface area (Å²) in [4.78, 5) is 22.4. The molecule has 0 aliphatic carbocycles. The molecule has 0 aromatic heterocycles. The van der Waals surface area contributed by atoms with E-state index in [1.807, 2.05) is 36.4 Å². The first-order valence-corrected chi connectivity index (χ1v) is 5.68. The largest absolute Gasteiger partial charge is 0.322 e. The second-order valence-electron chi connectivity index (χ2n) is 3.89. The second kappa shape index (κ2) is 5.77. The van der Waals surface area contributed by atoms with Gasteiger partial charge in [-0.15, -0.1) is 0 Å². The Balaban J connectivity index is 2.13. The Kier molecular flexibility index (Phi) is 3.86. The van der Waals surface area contributed by atoms with Crippen LogP contribution in [0.2, 0.25) is 0 Å². The third-order valence-electron chi connectivity index (χ3n) is 2.54. The highest BCUT2D eigenvalue weighted by Crippen LogP contribution is 2.10. The number of rotatable bonds is 4. The van der Waals surface area contributed by atoms with Crippen LogP contribution >= 0.6 is 0 Å². The van der Waals surface area contributed by atoms with Crippen LogP contribution in [-0.4, -0.2) is 12.2 Å². The van der Waals surface area contributed by atoms with Gasteiger partial charge in [-0.2, -0.15) is 0 Å². The van der Waals surface area contributed by atoms with Gasteiger partial charge in [0.1, 0.15) is 6.29 Å². The van der Waals surface area contributed by atoms with Crippen LogP contribution in [0.15, 0.2) is 54.6 Å². The van der Waals surface area contributed by atoms with Crippen molar-refractivity contribution in [3.8, 4) is 0 Å². The third-order valence-corrected chi connectivity index (χ3v) is 2.54. The molecule has 0 saturated heterocycles. The van der Waals surface area contributed by atoms with Crippen molar-refractivity contribution in [2.45, 2.75) is 6.42 Å². The predicted molar refractivity (Wildman–Crippen MR) is 70.6 cm³/mol. The molecule has 3 heteroatoms. The molecule has 2 aromatic carbocycles. The normalized spacial score (nSPS) is 9.78. The topological polar surface area (TPSA) is 46.2 Å². The van der Waals surface area contributed by atoms with Crippen LogP contribution in [0.25, 0.3) is 0 Å². The molecule has 0 atom stereocenters. The molecule has 0 bridgehead atoms. The highest BCUT2D eigenvalue weighted by molar-refractivity contribution is 6.04. The van der Waals surface area contributed by atoms with Crippen molar-refractivity contribution >= 4 is 17.9 Å². The van der Waals surface area contributed by atoms with Gasteiger partial charge in [0.25, 0.3) is 5.91 Å². The van der Waals surface area contributed by atoms with E-state index < -0.39 is 0 Å². The number of nitrogens with one attached hydrogen (secondary N) is 1. The van der Waals surface area contributed by atoms with Gasteiger partial charge in [-0.05, 0) is 29.8 Å². The number of anilines is 1. The first-order valence-electron chi connectivity index (χ1n) is 5.68. The van der Waals surface area contributed by atoms with Gasteiger partial charge in [0.2, 0.25) is 0 Å². The van der Waals surface area contributed by atoms with Crippen molar-refractivity contribution in [2.24, 2.45) is 0 Å². The monoisotopic (exact) mass is 239 g/mol. The Hall–Kier alpha value is -2.42. The molecule has 0 spiro atoms. The lowest BCUT2D eigenvalue weighted by Gasteiger charge is -2.05. The average molecular weight is 239 g/mol. The van der Waals surface area contributed by atoms with Crippen LogP contribution in [0.3, 0.4) is 0 Å². The SMILES string of the molecule is O=CCc1cccc(C(=O)Nc2ccccc2)c1. The maximum absolute atomic E-state index is 12.0. The van der Waals surface area contributed by atoms with Crippen LogP contribution in [0.5, 0.6) is 0 Å². The third kappa shape index (κ3) is 3.04. The first kappa shape index (κ1) is 12.0. The molecule has 1 amide bonds. The van der Waals surface area contributed by atoms with Crippen molar-refractivity contribution in [3.05, 3.63) is 65.7 Å². The molecular formula is C15H13NO2. The molecule has 0 saturated carbocycles. The molecular weight excluding hydrogens is 226 g/mol. The second-order valence-corrected chi connectivity index (χ2v) is 3.89. The zero-order valence-electron chi connectivity index (χ0n) is 9.80. The van der Waals surface area contributed by atoms with Crippen molar-refractivity contribution in [1.29, 1.82) is 0 Å². The van der Waals surface area contributed by atoms with Gasteiger partial charge in [0, 0.05) is 17.7 Å². The fraction of sp³-hybridized carbons (Fsp3) is 0.0667. The van der Waals surface area contributed by atoms with Crippen LogP contribution in [0.1, 0.15) is 15.9 Å². The van der Waals surface area contributed by atoms with E-state index in [4.69, 9.17) is 0 Å². The van der Waals surface area contributed by atoms with E-state index in [1.54, 1.807) is 18.2 Å². The summed E-state index contributed by atoms with van der Waals surface area (Å²) in [7, 11) is 0. The number of carbonyl (C=O) groups is 2. The van der Waals surface area contributed by atoms with E-state index in [0.29, 0.717) is 12.0 Å². The minimum absolute atomic E-state index is 0.172. The van der Waals surface area contributed by atoms with E-state index in [2.05, 4.69) is 5.32 Å². The number of carbonyl (C=O) groups excluding carboxylic acids is 2. The highest BCUT2D eigenvalue weighted by atomic mass is 16.1. The van der Waals surface area contributed by atoms with Crippen LogP contribution in [0.4, 0.5) is 5.69 Å². The molecule has 0 fully saturated rings. The first-order chi connectivity index (χ1) is 8.79. The zero-order chi connectivity index (χ0) is 12.8. The molecule has 0 unspecified atom stereocenters. The van der Waals surface area contributed by atoms with Crippen molar-refractivity contribution in [3.63, 3.8) is 0 Å². The van der Waals surface area contributed by atoms with Gasteiger partial charge < -0.3 is 10.1 Å². The van der Waals surface area contributed by atoms with E-state index in [9.17, 15) is 9.59 Å². The Morgan fingerprint density at radius 1 is 1.06 bits per heavy atom. The van der Waals surface area contributed by atoms with Gasteiger partial charge in [0.05, 0.1) is 0 Å². The van der Waals surface area contributed by atoms with Gasteiger partial charge in [-0.3, -0.25) is 4.79 Å². The highest BCUT2D eigenvalue weighted by Gasteiger charge is 2.06. The molecule has 0 aliphatic rings. The molecule has 18 heavy (non-hydrogen) atoms. The van der Waals surface area contributed by atoms with E-state index in [-0.39, 0.29) is 5.91 Å². The lowest BCUT2D eigenvalue weighted by atomic mass is 10.1. The molecule has 0 aliphatic heterocycles. The van der Waals surface area contributed by atoms with Crippen molar-refractivity contribution < 1.29 is 9.59 Å².